The van der Waals surface area contributed by atoms with E-state index < -0.39 is 11.8 Å². The Morgan fingerprint density at radius 2 is 1.95 bits per heavy atom. The summed E-state index contributed by atoms with van der Waals surface area (Å²) in [5.41, 5.74) is 6.47. The van der Waals surface area contributed by atoms with E-state index >= 15 is 0 Å². The molecule has 0 aromatic heterocycles. The molecule has 104 valence electrons. The summed E-state index contributed by atoms with van der Waals surface area (Å²) in [5, 5.41) is 0.746. The standard InChI is InChI=1S/C14H10Cl2FNO2/c15-9-1-3-11(13(18)6-9)14(19)20-7-8-5-10(17)2-4-12(8)16/h1-6H,7,18H2. The zero-order chi connectivity index (χ0) is 14.7. The van der Waals surface area contributed by atoms with Gasteiger partial charge in [0.2, 0.25) is 0 Å². The molecule has 2 aromatic rings. The molecule has 0 fully saturated rings. The normalized spacial score (nSPS) is 10.3. The van der Waals surface area contributed by atoms with Crippen molar-refractivity contribution in [1.29, 1.82) is 0 Å². The van der Waals surface area contributed by atoms with E-state index in [2.05, 4.69) is 0 Å². The lowest BCUT2D eigenvalue weighted by molar-refractivity contribution is 0.0474. The van der Waals surface area contributed by atoms with Crippen LogP contribution in [0.2, 0.25) is 10.0 Å². The first-order chi connectivity index (χ1) is 9.47. The Morgan fingerprint density at radius 1 is 1.20 bits per heavy atom. The van der Waals surface area contributed by atoms with Gasteiger partial charge in [0.25, 0.3) is 0 Å². The van der Waals surface area contributed by atoms with Gasteiger partial charge in [0.15, 0.2) is 0 Å². The molecule has 3 nitrogen and oxygen atoms in total. The molecule has 0 heterocycles. The average molecular weight is 314 g/mol. The summed E-state index contributed by atoms with van der Waals surface area (Å²) in [5.74, 6) is -1.08. The maximum absolute atomic E-state index is 13.1. The number of nitrogen functional groups attached to an aromatic ring is 1. The van der Waals surface area contributed by atoms with Gasteiger partial charge >= 0.3 is 5.97 Å². The Morgan fingerprint density at radius 3 is 2.65 bits per heavy atom. The van der Waals surface area contributed by atoms with Crippen molar-refractivity contribution in [3.8, 4) is 0 Å². The number of hydrogen-bond donors (Lipinski definition) is 1. The number of nitrogens with two attached hydrogens (primary N) is 1. The van der Waals surface area contributed by atoms with Gasteiger partial charge < -0.3 is 10.5 Å². The third-order valence-corrected chi connectivity index (χ3v) is 3.20. The summed E-state index contributed by atoms with van der Waals surface area (Å²) in [6, 6.07) is 8.28. The molecule has 0 aliphatic heterocycles. The van der Waals surface area contributed by atoms with E-state index in [1.165, 1.54) is 36.4 Å². The fraction of sp³-hybridized carbons (Fsp3) is 0.0714. The Labute approximate surface area is 125 Å². The van der Waals surface area contributed by atoms with Crippen LogP contribution in [0.1, 0.15) is 15.9 Å². The van der Waals surface area contributed by atoms with Crippen LogP contribution in [0.4, 0.5) is 10.1 Å². The van der Waals surface area contributed by atoms with Gasteiger partial charge in [-0.2, -0.15) is 0 Å². The topological polar surface area (TPSA) is 52.3 Å². The molecule has 0 aliphatic rings. The number of anilines is 1. The first-order valence-electron chi connectivity index (χ1n) is 5.63. The Kier molecular flexibility index (Phi) is 4.47. The number of halogens is 3. The van der Waals surface area contributed by atoms with Crippen molar-refractivity contribution in [3.05, 3.63) is 63.4 Å². The summed E-state index contributed by atoms with van der Waals surface area (Å²) in [6.07, 6.45) is 0. The SMILES string of the molecule is Nc1cc(Cl)ccc1C(=O)OCc1cc(F)ccc1Cl. The molecular weight excluding hydrogens is 304 g/mol. The second-order valence-corrected chi connectivity index (χ2v) is 4.89. The zero-order valence-electron chi connectivity index (χ0n) is 10.2. The predicted octanol–water partition coefficient (Wildman–Crippen LogP) is 4.07. The monoisotopic (exact) mass is 313 g/mol. The molecule has 6 heteroatoms. The highest BCUT2D eigenvalue weighted by molar-refractivity contribution is 6.31. The van der Waals surface area contributed by atoms with E-state index in [1.807, 2.05) is 0 Å². The summed E-state index contributed by atoms with van der Waals surface area (Å²) in [6.45, 7) is -0.141. The van der Waals surface area contributed by atoms with Crippen molar-refractivity contribution in [2.45, 2.75) is 6.61 Å². The van der Waals surface area contributed by atoms with Crippen molar-refractivity contribution in [1.82, 2.24) is 0 Å². The number of carbonyl (C=O) groups excluding carboxylic acids is 1. The molecular formula is C14H10Cl2FNO2. The quantitative estimate of drug-likeness (QED) is 0.686. The second kappa shape index (κ2) is 6.11. The molecule has 0 bridgehead atoms. The van der Waals surface area contributed by atoms with Crippen molar-refractivity contribution < 1.29 is 13.9 Å². The number of esters is 1. The van der Waals surface area contributed by atoms with E-state index in [1.54, 1.807) is 0 Å². The fourth-order valence-electron chi connectivity index (χ4n) is 1.59. The van der Waals surface area contributed by atoms with Crippen molar-refractivity contribution in [2.75, 3.05) is 5.73 Å². The van der Waals surface area contributed by atoms with Gasteiger partial charge in [-0.05, 0) is 36.4 Å². The van der Waals surface area contributed by atoms with Crippen LogP contribution in [0.25, 0.3) is 0 Å². The number of rotatable bonds is 3. The van der Waals surface area contributed by atoms with Crippen LogP contribution in [0.5, 0.6) is 0 Å². The highest BCUT2D eigenvalue weighted by Gasteiger charge is 2.13. The largest absolute Gasteiger partial charge is 0.457 e. The van der Waals surface area contributed by atoms with Crippen LogP contribution in [-0.4, -0.2) is 5.97 Å². The minimum absolute atomic E-state index is 0.141. The molecule has 0 radical (unpaired) electrons. The van der Waals surface area contributed by atoms with Gasteiger partial charge in [-0.1, -0.05) is 23.2 Å². The molecule has 0 saturated heterocycles. The van der Waals surface area contributed by atoms with Crippen LogP contribution in [0, 0.1) is 5.82 Å². The van der Waals surface area contributed by atoms with Gasteiger partial charge in [0.1, 0.15) is 12.4 Å². The molecule has 0 saturated carbocycles. The molecule has 2 aromatic carbocycles. The average Bonchev–Trinajstić information content (AvgIpc) is 2.39. The first kappa shape index (κ1) is 14.6. The van der Waals surface area contributed by atoms with Gasteiger partial charge in [0, 0.05) is 21.3 Å². The van der Waals surface area contributed by atoms with E-state index in [4.69, 9.17) is 33.7 Å². The summed E-state index contributed by atoms with van der Waals surface area (Å²) in [7, 11) is 0. The number of ether oxygens (including phenoxy) is 1. The van der Waals surface area contributed by atoms with Gasteiger partial charge in [-0.25, -0.2) is 9.18 Å². The van der Waals surface area contributed by atoms with Crippen LogP contribution in [0.3, 0.4) is 0 Å². The third-order valence-electron chi connectivity index (χ3n) is 2.60. The molecule has 0 amide bonds. The Balaban J connectivity index is 2.10. The summed E-state index contributed by atoms with van der Waals surface area (Å²) < 4.78 is 18.1. The highest BCUT2D eigenvalue weighted by Crippen LogP contribution is 2.21. The summed E-state index contributed by atoms with van der Waals surface area (Å²) in [4.78, 5) is 11.9. The third kappa shape index (κ3) is 3.40. The lowest BCUT2D eigenvalue weighted by Crippen LogP contribution is -2.08. The van der Waals surface area contributed by atoms with E-state index in [-0.39, 0.29) is 17.9 Å². The lowest BCUT2D eigenvalue weighted by atomic mass is 10.2. The van der Waals surface area contributed by atoms with E-state index in [0.717, 1.165) is 0 Å². The van der Waals surface area contributed by atoms with Crippen molar-refractivity contribution >= 4 is 34.9 Å². The number of hydrogen-bond acceptors (Lipinski definition) is 3. The highest BCUT2D eigenvalue weighted by atomic mass is 35.5. The summed E-state index contributed by atoms with van der Waals surface area (Å²) >= 11 is 11.6. The van der Waals surface area contributed by atoms with Crippen molar-refractivity contribution in [3.63, 3.8) is 0 Å². The number of carbonyl (C=O) groups is 1. The van der Waals surface area contributed by atoms with E-state index in [0.29, 0.717) is 15.6 Å². The fourth-order valence-corrected chi connectivity index (χ4v) is 1.95. The molecule has 2 N–H and O–H groups in total. The molecule has 0 aliphatic carbocycles. The van der Waals surface area contributed by atoms with Gasteiger partial charge in [0.05, 0.1) is 5.56 Å². The van der Waals surface area contributed by atoms with Crippen LogP contribution in [0.15, 0.2) is 36.4 Å². The van der Waals surface area contributed by atoms with Crippen LogP contribution < -0.4 is 5.73 Å². The van der Waals surface area contributed by atoms with Crippen molar-refractivity contribution in [2.24, 2.45) is 0 Å². The Hall–Kier alpha value is -1.78. The molecule has 2 rings (SSSR count). The first-order valence-corrected chi connectivity index (χ1v) is 6.39. The minimum Gasteiger partial charge on any atom is -0.457 e. The maximum atomic E-state index is 13.1. The van der Waals surface area contributed by atoms with E-state index in [9.17, 15) is 9.18 Å². The Bertz CT molecular complexity index is 662. The lowest BCUT2D eigenvalue weighted by Gasteiger charge is -2.08. The smallest absolute Gasteiger partial charge is 0.340 e. The minimum atomic E-state index is -0.625. The molecule has 0 unspecified atom stereocenters. The predicted molar refractivity (Wildman–Crippen MR) is 76.4 cm³/mol. The molecule has 0 spiro atoms. The molecule has 0 atom stereocenters. The van der Waals surface area contributed by atoms with Crippen LogP contribution in [-0.2, 0) is 11.3 Å². The van der Waals surface area contributed by atoms with Crippen LogP contribution >= 0.6 is 23.2 Å². The number of benzene rings is 2. The molecule has 20 heavy (non-hydrogen) atoms. The van der Waals surface area contributed by atoms with Gasteiger partial charge in [-0.3, -0.25) is 0 Å². The zero-order valence-corrected chi connectivity index (χ0v) is 11.7. The maximum Gasteiger partial charge on any atom is 0.340 e. The second-order valence-electron chi connectivity index (χ2n) is 4.04. The van der Waals surface area contributed by atoms with Gasteiger partial charge in [-0.15, -0.1) is 0 Å².